The highest BCUT2D eigenvalue weighted by molar-refractivity contribution is 9.10. The Kier molecular flexibility index (Phi) is 6.51. The number of fused-ring (bicyclic) bond motifs is 1. The molecule has 0 spiro atoms. The highest BCUT2D eigenvalue weighted by Gasteiger charge is 2.69. The van der Waals surface area contributed by atoms with Gasteiger partial charge in [-0.05, 0) is 44.8 Å². The van der Waals surface area contributed by atoms with Crippen molar-refractivity contribution in [1.82, 2.24) is 10.2 Å². The lowest BCUT2D eigenvalue weighted by atomic mass is 9.75. The molecule has 2 amide bonds. The number of carbonyl (C=O) groups excluding carboxylic acids is 2. The molecule has 8 nitrogen and oxygen atoms in total. The van der Waals surface area contributed by atoms with Crippen molar-refractivity contribution < 1.29 is 29.0 Å². The van der Waals surface area contributed by atoms with Crippen LogP contribution in [0.15, 0.2) is 77.3 Å². The van der Waals surface area contributed by atoms with E-state index in [0.717, 1.165) is 5.56 Å². The minimum atomic E-state index is -1.81. The second kappa shape index (κ2) is 9.64. The van der Waals surface area contributed by atoms with Crippen LogP contribution in [0.5, 0.6) is 11.5 Å². The molecule has 0 radical (unpaired) electrons. The summed E-state index contributed by atoms with van der Waals surface area (Å²) in [6.07, 6.45) is 0. The summed E-state index contributed by atoms with van der Waals surface area (Å²) in [6, 6.07) is 20.4. The third-order valence-corrected chi connectivity index (χ3v) is 7.81. The van der Waals surface area contributed by atoms with E-state index in [-0.39, 0.29) is 6.54 Å². The summed E-state index contributed by atoms with van der Waals surface area (Å²) < 4.78 is 11.5. The lowest BCUT2D eigenvalue weighted by Gasteiger charge is -2.31. The van der Waals surface area contributed by atoms with Crippen LogP contribution in [0.2, 0.25) is 0 Å². The van der Waals surface area contributed by atoms with Crippen LogP contribution < -0.4 is 14.8 Å². The molecule has 2 saturated heterocycles. The summed E-state index contributed by atoms with van der Waals surface area (Å²) in [5.74, 6) is -3.37. The molecule has 0 aliphatic carbocycles. The van der Waals surface area contributed by atoms with Gasteiger partial charge in [0.15, 0.2) is 17.0 Å². The number of rotatable bonds is 7. The quantitative estimate of drug-likeness (QED) is 0.419. The average Bonchev–Trinajstić information content (AvgIpc) is 3.40. The first-order chi connectivity index (χ1) is 17.8. The summed E-state index contributed by atoms with van der Waals surface area (Å²) >= 11 is 3.49. The van der Waals surface area contributed by atoms with Gasteiger partial charge < -0.3 is 14.6 Å². The molecule has 190 valence electrons. The predicted molar refractivity (Wildman–Crippen MR) is 138 cm³/mol. The number of amides is 2. The number of methoxy groups -OCH3 is 2. The maximum absolute atomic E-state index is 13.9. The number of likely N-dealkylation sites (tertiary alicyclic amines) is 1. The van der Waals surface area contributed by atoms with Crippen molar-refractivity contribution in [1.29, 1.82) is 0 Å². The molecular formula is C28H25BrN2O6. The van der Waals surface area contributed by atoms with Crippen LogP contribution in [0.25, 0.3) is 0 Å². The van der Waals surface area contributed by atoms with Gasteiger partial charge in [-0.2, -0.15) is 0 Å². The molecule has 2 N–H and O–H groups in total. The molecule has 3 aromatic carbocycles. The number of carbonyl (C=O) groups is 3. The van der Waals surface area contributed by atoms with Gasteiger partial charge in [-0.15, -0.1) is 0 Å². The number of nitrogens with zero attached hydrogens (tertiary/aromatic N) is 1. The number of hydrogen-bond acceptors (Lipinski definition) is 6. The van der Waals surface area contributed by atoms with Crippen molar-refractivity contribution >= 4 is 33.7 Å². The monoisotopic (exact) mass is 564 g/mol. The highest BCUT2D eigenvalue weighted by Crippen LogP contribution is 2.54. The van der Waals surface area contributed by atoms with Gasteiger partial charge in [0.05, 0.1) is 37.1 Å². The largest absolute Gasteiger partial charge is 0.493 e. The van der Waals surface area contributed by atoms with Gasteiger partial charge >= 0.3 is 5.97 Å². The first-order valence-corrected chi connectivity index (χ1v) is 12.5. The zero-order valence-corrected chi connectivity index (χ0v) is 21.8. The molecule has 2 fully saturated rings. The van der Waals surface area contributed by atoms with Crippen molar-refractivity contribution in [3.63, 3.8) is 0 Å². The Morgan fingerprint density at radius 2 is 1.65 bits per heavy atom. The third-order valence-electron chi connectivity index (χ3n) is 7.22. The van der Waals surface area contributed by atoms with E-state index in [1.807, 2.05) is 30.3 Å². The Hall–Kier alpha value is -3.69. The Morgan fingerprint density at radius 3 is 2.24 bits per heavy atom. The average molecular weight is 565 g/mol. The van der Waals surface area contributed by atoms with E-state index in [1.54, 1.807) is 42.5 Å². The van der Waals surface area contributed by atoms with E-state index in [1.165, 1.54) is 19.1 Å². The fourth-order valence-corrected chi connectivity index (χ4v) is 6.20. The van der Waals surface area contributed by atoms with E-state index in [9.17, 15) is 19.5 Å². The van der Waals surface area contributed by atoms with Gasteiger partial charge in [0, 0.05) is 6.04 Å². The molecule has 4 unspecified atom stereocenters. The zero-order chi connectivity index (χ0) is 26.3. The molecule has 5 rings (SSSR count). The number of hydrogen-bond donors (Lipinski definition) is 2. The number of imide groups is 1. The fraction of sp³-hybridized carbons (Fsp3) is 0.250. The van der Waals surface area contributed by atoms with Gasteiger partial charge in [-0.1, -0.05) is 60.7 Å². The molecule has 2 heterocycles. The van der Waals surface area contributed by atoms with E-state index < -0.39 is 41.2 Å². The highest BCUT2D eigenvalue weighted by atomic mass is 79.9. The van der Waals surface area contributed by atoms with Crippen LogP contribution in [0.3, 0.4) is 0 Å². The maximum atomic E-state index is 13.9. The van der Waals surface area contributed by atoms with E-state index in [2.05, 4.69) is 21.2 Å². The predicted octanol–water partition coefficient (Wildman–Crippen LogP) is 3.89. The minimum Gasteiger partial charge on any atom is -0.493 e. The van der Waals surface area contributed by atoms with Crippen LogP contribution in [0.4, 0.5) is 0 Å². The molecule has 4 atom stereocenters. The normalized spacial score (nSPS) is 24.7. The van der Waals surface area contributed by atoms with Crippen LogP contribution in [-0.2, 0) is 26.5 Å². The van der Waals surface area contributed by atoms with Crippen molar-refractivity contribution in [3.8, 4) is 11.5 Å². The van der Waals surface area contributed by atoms with Crippen molar-refractivity contribution in [2.24, 2.45) is 11.8 Å². The lowest BCUT2D eigenvalue weighted by molar-refractivity contribution is -0.152. The zero-order valence-electron chi connectivity index (χ0n) is 20.2. The van der Waals surface area contributed by atoms with Crippen molar-refractivity contribution in [3.05, 3.63) is 94.0 Å². The van der Waals surface area contributed by atoms with E-state index >= 15 is 0 Å². The molecule has 2 aliphatic rings. The van der Waals surface area contributed by atoms with Gasteiger partial charge in [0.25, 0.3) is 0 Å². The van der Waals surface area contributed by atoms with Gasteiger partial charge in [0.1, 0.15) is 0 Å². The number of halogens is 1. The summed E-state index contributed by atoms with van der Waals surface area (Å²) in [6.45, 7) is 0.0678. The van der Waals surface area contributed by atoms with Crippen LogP contribution in [-0.4, -0.2) is 42.0 Å². The molecule has 9 heteroatoms. The van der Waals surface area contributed by atoms with Crippen molar-refractivity contribution in [2.75, 3.05) is 14.2 Å². The topological polar surface area (TPSA) is 105 Å². The number of carboxylic acid groups (broad SMARTS) is 1. The second-order valence-corrected chi connectivity index (χ2v) is 9.95. The fourth-order valence-electron chi connectivity index (χ4n) is 5.58. The molecule has 0 bridgehead atoms. The molecule has 37 heavy (non-hydrogen) atoms. The molecule has 3 aromatic rings. The first kappa shape index (κ1) is 25.0. The van der Waals surface area contributed by atoms with Gasteiger partial charge in [-0.25, -0.2) is 4.79 Å². The van der Waals surface area contributed by atoms with E-state index in [0.29, 0.717) is 27.1 Å². The standard InChI is InChI=1S/C28H25BrN2O6/c1-36-20-14-17(13-19(29)24(20)37-2)23-21-22(28(30-23,27(34)35)18-11-7-4-8-12-18)26(33)31(25(21)32)15-16-9-5-3-6-10-16/h3-14,21-23,30H,15H2,1-2H3,(H,34,35). The Labute approximate surface area is 222 Å². The summed E-state index contributed by atoms with van der Waals surface area (Å²) in [5.41, 5.74) is -0.0271. The second-order valence-electron chi connectivity index (χ2n) is 9.09. The summed E-state index contributed by atoms with van der Waals surface area (Å²) in [7, 11) is 3.01. The number of aliphatic carboxylic acids is 1. The molecule has 0 saturated carbocycles. The molecule has 0 aromatic heterocycles. The third kappa shape index (κ3) is 3.89. The number of nitrogens with one attached hydrogen (secondary N) is 1. The minimum absolute atomic E-state index is 0.0678. The maximum Gasteiger partial charge on any atom is 0.329 e. The summed E-state index contributed by atoms with van der Waals surface area (Å²) in [5, 5.41) is 13.9. The van der Waals surface area contributed by atoms with E-state index in [4.69, 9.17) is 9.47 Å². The Bertz CT molecular complexity index is 1370. The van der Waals surface area contributed by atoms with Gasteiger partial charge in [0.2, 0.25) is 11.8 Å². The lowest BCUT2D eigenvalue weighted by Crippen LogP contribution is -2.53. The SMILES string of the molecule is COc1cc(C2NC(C(=O)O)(c3ccccc3)C3C(=O)N(Cc4ccccc4)C(=O)C23)cc(Br)c1OC. The van der Waals surface area contributed by atoms with Gasteiger partial charge in [-0.3, -0.25) is 19.8 Å². The number of ether oxygens (including phenoxy) is 2. The number of benzene rings is 3. The van der Waals surface area contributed by atoms with Crippen molar-refractivity contribution in [2.45, 2.75) is 18.1 Å². The molecular weight excluding hydrogens is 540 g/mol. The van der Waals surface area contributed by atoms with Crippen LogP contribution >= 0.6 is 15.9 Å². The molecule has 2 aliphatic heterocycles. The smallest absolute Gasteiger partial charge is 0.329 e. The van der Waals surface area contributed by atoms with Crippen LogP contribution in [0, 0.1) is 11.8 Å². The summed E-state index contributed by atoms with van der Waals surface area (Å²) in [4.78, 5) is 42.0. The van der Waals surface area contributed by atoms with Crippen LogP contribution in [0.1, 0.15) is 22.7 Å². The Morgan fingerprint density at radius 1 is 1.00 bits per heavy atom. The number of carboxylic acids is 1. The first-order valence-electron chi connectivity index (χ1n) is 11.7. The Balaban J connectivity index is 1.68.